The number of ether oxygens (including phenoxy) is 1. The van der Waals surface area contributed by atoms with Gasteiger partial charge >= 0.3 is 0 Å². The number of nitrogen functional groups attached to an aromatic ring is 1. The first-order chi connectivity index (χ1) is 10.1. The lowest BCUT2D eigenvalue weighted by atomic mass is 10.4. The van der Waals surface area contributed by atoms with Gasteiger partial charge in [0.1, 0.15) is 5.69 Å². The van der Waals surface area contributed by atoms with Crippen LogP contribution in [0.25, 0.3) is 17.2 Å². The highest BCUT2D eigenvalue weighted by atomic mass is 16.5. The molecule has 0 bridgehead atoms. The predicted molar refractivity (Wildman–Crippen MR) is 72.9 cm³/mol. The van der Waals surface area contributed by atoms with Crippen molar-refractivity contribution in [2.75, 3.05) is 12.8 Å². The number of aryl methyl sites for hydroxylation is 1. The summed E-state index contributed by atoms with van der Waals surface area (Å²) >= 11 is 0. The number of hydrogen-bond acceptors (Lipinski definition) is 7. The van der Waals surface area contributed by atoms with Crippen LogP contribution >= 0.6 is 0 Å². The van der Waals surface area contributed by atoms with Gasteiger partial charge in [-0.2, -0.15) is 5.10 Å². The number of anilines is 1. The first kappa shape index (κ1) is 12.8. The van der Waals surface area contributed by atoms with Gasteiger partial charge in [0.2, 0.25) is 11.8 Å². The van der Waals surface area contributed by atoms with Crippen molar-refractivity contribution in [2.24, 2.45) is 7.05 Å². The molecule has 0 saturated carbocycles. The van der Waals surface area contributed by atoms with Crippen molar-refractivity contribution < 1.29 is 4.74 Å². The third-order valence-corrected chi connectivity index (χ3v) is 2.84. The molecule has 0 aromatic carbocycles. The fraction of sp³-hybridized carbons (Fsp3) is 0.182. The van der Waals surface area contributed by atoms with Crippen molar-refractivity contribution in [1.29, 1.82) is 0 Å². The summed E-state index contributed by atoms with van der Waals surface area (Å²) in [7, 11) is 3.18. The molecule has 0 saturated heterocycles. The topological polar surface area (TPSA) is 130 Å². The van der Waals surface area contributed by atoms with Gasteiger partial charge in [-0.25, -0.2) is 9.55 Å². The zero-order valence-corrected chi connectivity index (χ0v) is 11.3. The molecule has 0 aliphatic carbocycles. The molecule has 3 aromatic heterocycles. The Hall–Kier alpha value is -3.17. The van der Waals surface area contributed by atoms with Crippen LogP contribution in [0.4, 0.5) is 5.95 Å². The fourth-order valence-corrected chi connectivity index (χ4v) is 1.94. The molecule has 0 spiro atoms. The van der Waals surface area contributed by atoms with E-state index in [0.717, 1.165) is 0 Å². The molecule has 0 atom stereocenters. The van der Waals surface area contributed by atoms with Crippen molar-refractivity contribution in [3.05, 3.63) is 28.9 Å². The Labute approximate surface area is 118 Å². The highest BCUT2D eigenvalue weighted by Crippen LogP contribution is 2.24. The average Bonchev–Trinajstić information content (AvgIpc) is 3.05. The highest BCUT2D eigenvalue weighted by Gasteiger charge is 2.21. The van der Waals surface area contributed by atoms with Crippen LogP contribution in [0.5, 0.6) is 5.88 Å². The Morgan fingerprint density at radius 3 is 2.86 bits per heavy atom. The van der Waals surface area contributed by atoms with Crippen LogP contribution in [0.15, 0.2) is 23.4 Å². The Morgan fingerprint density at radius 1 is 1.38 bits per heavy atom. The van der Waals surface area contributed by atoms with E-state index >= 15 is 0 Å². The number of rotatable bonds is 3. The molecule has 0 radical (unpaired) electrons. The summed E-state index contributed by atoms with van der Waals surface area (Å²) in [6.45, 7) is 0. The molecule has 0 aliphatic rings. The number of aromatic nitrogens is 7. The summed E-state index contributed by atoms with van der Waals surface area (Å²) in [4.78, 5) is 18.5. The summed E-state index contributed by atoms with van der Waals surface area (Å²) in [6.07, 6.45) is 2.99. The second kappa shape index (κ2) is 4.74. The monoisotopic (exact) mass is 288 g/mol. The van der Waals surface area contributed by atoms with E-state index in [-0.39, 0.29) is 17.5 Å². The molecule has 0 amide bonds. The molecule has 3 aromatic rings. The fourth-order valence-electron chi connectivity index (χ4n) is 1.94. The molecule has 3 heterocycles. The zero-order chi connectivity index (χ0) is 15.0. The molecule has 108 valence electrons. The summed E-state index contributed by atoms with van der Waals surface area (Å²) in [5.74, 6) is 0.472. The van der Waals surface area contributed by atoms with Gasteiger partial charge in [0.15, 0.2) is 11.5 Å². The van der Waals surface area contributed by atoms with Crippen LogP contribution in [-0.4, -0.2) is 41.6 Å². The van der Waals surface area contributed by atoms with E-state index in [0.29, 0.717) is 11.5 Å². The summed E-state index contributed by atoms with van der Waals surface area (Å²) in [5, 5.41) is 12.0. The van der Waals surface area contributed by atoms with E-state index < -0.39 is 5.56 Å². The normalized spacial score (nSPS) is 10.8. The standard InChI is InChI=1S/C11H12N8O2/c1-18-4-3-6(17-18)8-15-16-11(12)19(8)7-9(20)13-5-14-10(7)21-2/h3-5H,1-2H3,(H2,12,16)(H,13,14,20). The van der Waals surface area contributed by atoms with Gasteiger partial charge in [-0.3, -0.25) is 9.48 Å². The van der Waals surface area contributed by atoms with E-state index in [4.69, 9.17) is 10.5 Å². The van der Waals surface area contributed by atoms with Gasteiger partial charge in [-0.1, -0.05) is 0 Å². The Balaban J connectivity index is 2.30. The SMILES string of the molecule is COc1nc[nH]c(=O)c1-n1c(N)nnc1-c1ccn(C)n1. The van der Waals surface area contributed by atoms with Crippen molar-refractivity contribution in [3.63, 3.8) is 0 Å². The van der Waals surface area contributed by atoms with Gasteiger partial charge in [-0.15, -0.1) is 10.2 Å². The maximum absolute atomic E-state index is 12.1. The maximum atomic E-state index is 12.1. The van der Waals surface area contributed by atoms with Gasteiger partial charge < -0.3 is 15.5 Å². The Kier molecular flexibility index (Phi) is 2.90. The molecule has 21 heavy (non-hydrogen) atoms. The predicted octanol–water partition coefficient (Wildman–Crippen LogP) is -0.658. The lowest BCUT2D eigenvalue weighted by Crippen LogP contribution is -2.19. The van der Waals surface area contributed by atoms with Crippen LogP contribution in [0, 0.1) is 0 Å². The van der Waals surface area contributed by atoms with E-state index in [1.54, 1.807) is 24.0 Å². The maximum Gasteiger partial charge on any atom is 0.279 e. The lowest BCUT2D eigenvalue weighted by molar-refractivity contribution is 0.394. The number of methoxy groups -OCH3 is 1. The largest absolute Gasteiger partial charge is 0.479 e. The quantitative estimate of drug-likeness (QED) is 0.654. The summed E-state index contributed by atoms with van der Waals surface area (Å²) in [5.41, 5.74) is 6.02. The molecule has 0 aliphatic heterocycles. The van der Waals surface area contributed by atoms with Crippen LogP contribution < -0.4 is 16.0 Å². The minimum Gasteiger partial charge on any atom is -0.479 e. The third kappa shape index (κ3) is 2.02. The number of H-pyrrole nitrogens is 1. The second-order valence-corrected chi connectivity index (χ2v) is 4.18. The van der Waals surface area contributed by atoms with E-state index in [2.05, 4.69) is 25.3 Å². The number of hydrogen-bond donors (Lipinski definition) is 2. The summed E-state index contributed by atoms with van der Waals surface area (Å²) in [6, 6.07) is 1.73. The van der Waals surface area contributed by atoms with Crippen molar-refractivity contribution >= 4 is 5.95 Å². The minimum atomic E-state index is -0.425. The molecule has 3 N–H and O–H groups in total. The lowest BCUT2D eigenvalue weighted by Gasteiger charge is -2.09. The average molecular weight is 288 g/mol. The highest BCUT2D eigenvalue weighted by molar-refractivity contribution is 5.58. The first-order valence-corrected chi connectivity index (χ1v) is 5.94. The molecule has 0 fully saturated rings. The third-order valence-electron chi connectivity index (χ3n) is 2.84. The van der Waals surface area contributed by atoms with Gasteiger partial charge in [-0.05, 0) is 6.07 Å². The molecular formula is C11H12N8O2. The smallest absolute Gasteiger partial charge is 0.279 e. The number of nitrogens with two attached hydrogens (primary N) is 1. The Bertz CT molecular complexity index is 846. The molecule has 10 nitrogen and oxygen atoms in total. The number of nitrogens with zero attached hydrogens (tertiary/aromatic N) is 6. The Morgan fingerprint density at radius 2 is 2.19 bits per heavy atom. The summed E-state index contributed by atoms with van der Waals surface area (Å²) < 4.78 is 8.07. The molecule has 3 rings (SSSR count). The van der Waals surface area contributed by atoms with Crippen LogP contribution in [0.3, 0.4) is 0 Å². The van der Waals surface area contributed by atoms with Crippen molar-refractivity contribution in [3.8, 4) is 23.1 Å². The van der Waals surface area contributed by atoms with E-state index in [9.17, 15) is 4.79 Å². The number of nitrogens with one attached hydrogen (secondary N) is 1. The van der Waals surface area contributed by atoms with Gasteiger partial charge in [0.25, 0.3) is 5.56 Å². The van der Waals surface area contributed by atoms with Gasteiger partial charge in [0.05, 0.1) is 13.4 Å². The second-order valence-electron chi connectivity index (χ2n) is 4.18. The van der Waals surface area contributed by atoms with Crippen molar-refractivity contribution in [2.45, 2.75) is 0 Å². The van der Waals surface area contributed by atoms with E-state index in [1.165, 1.54) is 18.0 Å². The minimum absolute atomic E-state index is 0.0347. The molecular weight excluding hydrogens is 276 g/mol. The molecule has 0 unspecified atom stereocenters. The molecule has 10 heteroatoms. The zero-order valence-electron chi connectivity index (χ0n) is 11.3. The van der Waals surface area contributed by atoms with Crippen LogP contribution in [0.1, 0.15) is 0 Å². The van der Waals surface area contributed by atoms with E-state index in [1.807, 2.05) is 0 Å². The van der Waals surface area contributed by atoms with Crippen molar-refractivity contribution in [1.82, 2.24) is 34.5 Å². The number of aromatic amines is 1. The van der Waals surface area contributed by atoms with Crippen LogP contribution in [-0.2, 0) is 7.05 Å². The first-order valence-electron chi connectivity index (χ1n) is 5.94. The van der Waals surface area contributed by atoms with Gasteiger partial charge in [0, 0.05) is 13.2 Å². The van der Waals surface area contributed by atoms with Crippen LogP contribution in [0.2, 0.25) is 0 Å².